The average Bonchev–Trinajstić information content (AvgIpc) is 2.48. The molecule has 5 heteroatoms. The van der Waals surface area contributed by atoms with Crippen LogP contribution >= 0.6 is 0 Å². The van der Waals surface area contributed by atoms with Gasteiger partial charge in [-0.05, 0) is 37.8 Å². The molecular formula is C15H19NO4. The summed E-state index contributed by atoms with van der Waals surface area (Å²) < 4.78 is 5.60. The fourth-order valence-electron chi connectivity index (χ4n) is 2.06. The summed E-state index contributed by atoms with van der Waals surface area (Å²) in [6.07, 6.45) is 4.06. The first-order chi connectivity index (χ1) is 9.75. The Labute approximate surface area is 118 Å². The second-order valence-electron chi connectivity index (χ2n) is 4.77. The highest BCUT2D eigenvalue weighted by Crippen LogP contribution is 2.17. The number of oxime groups is 1. The van der Waals surface area contributed by atoms with E-state index in [1.165, 1.54) is 0 Å². The van der Waals surface area contributed by atoms with E-state index in [1.54, 1.807) is 0 Å². The number of aliphatic carboxylic acids is 1. The summed E-state index contributed by atoms with van der Waals surface area (Å²) in [5.41, 5.74) is 0.119. The molecule has 1 atom stereocenters. The van der Waals surface area contributed by atoms with Gasteiger partial charge in [0.2, 0.25) is 0 Å². The number of carbonyl (C=O) groups is 1. The Morgan fingerprint density at radius 2 is 2.15 bits per heavy atom. The molecule has 0 saturated carbocycles. The predicted octanol–water partition coefficient (Wildman–Crippen LogP) is 2.86. The number of nitrogens with zero attached hydrogens (tertiary/aromatic N) is 1. The van der Waals surface area contributed by atoms with Gasteiger partial charge in [0.1, 0.15) is 11.9 Å². The third-order valence-electron chi connectivity index (χ3n) is 3.19. The van der Waals surface area contributed by atoms with Gasteiger partial charge in [-0.2, -0.15) is 0 Å². The van der Waals surface area contributed by atoms with Crippen LogP contribution in [-0.4, -0.2) is 29.5 Å². The van der Waals surface area contributed by atoms with Gasteiger partial charge in [0.15, 0.2) is 5.71 Å². The highest BCUT2D eigenvalue weighted by Gasteiger charge is 2.21. The SMILES string of the molecule is O=C(O)C1=NOC(CCCCOc2ccccc2)CC1. The van der Waals surface area contributed by atoms with E-state index in [2.05, 4.69) is 5.16 Å². The van der Waals surface area contributed by atoms with Crippen molar-refractivity contribution in [2.24, 2.45) is 5.16 Å². The van der Waals surface area contributed by atoms with Gasteiger partial charge in [0, 0.05) is 6.42 Å². The van der Waals surface area contributed by atoms with Crippen molar-refractivity contribution in [3.8, 4) is 5.75 Å². The predicted molar refractivity (Wildman–Crippen MR) is 75.0 cm³/mol. The van der Waals surface area contributed by atoms with Crippen molar-refractivity contribution in [1.29, 1.82) is 0 Å². The summed E-state index contributed by atoms with van der Waals surface area (Å²) in [4.78, 5) is 15.9. The molecule has 0 amide bonds. The number of hydrogen-bond acceptors (Lipinski definition) is 4. The molecule has 1 unspecified atom stereocenters. The van der Waals surface area contributed by atoms with Crippen molar-refractivity contribution in [2.45, 2.75) is 38.2 Å². The maximum absolute atomic E-state index is 10.7. The van der Waals surface area contributed by atoms with Gasteiger partial charge in [-0.15, -0.1) is 0 Å². The largest absolute Gasteiger partial charge is 0.494 e. The van der Waals surface area contributed by atoms with E-state index < -0.39 is 5.97 Å². The molecule has 0 bridgehead atoms. The normalized spacial score (nSPS) is 18.0. The number of unbranched alkanes of at least 4 members (excludes halogenated alkanes) is 1. The fraction of sp³-hybridized carbons (Fsp3) is 0.467. The second kappa shape index (κ2) is 7.53. The minimum absolute atomic E-state index is 0.0369. The zero-order valence-corrected chi connectivity index (χ0v) is 11.3. The van der Waals surface area contributed by atoms with Crippen molar-refractivity contribution in [2.75, 3.05) is 6.61 Å². The minimum atomic E-state index is -0.986. The molecule has 5 nitrogen and oxygen atoms in total. The monoisotopic (exact) mass is 277 g/mol. The van der Waals surface area contributed by atoms with Gasteiger partial charge in [0.05, 0.1) is 6.61 Å². The van der Waals surface area contributed by atoms with E-state index in [-0.39, 0.29) is 11.8 Å². The number of carboxylic acids is 1. The highest BCUT2D eigenvalue weighted by molar-refractivity contribution is 6.35. The Balaban J connectivity index is 1.57. The highest BCUT2D eigenvalue weighted by atomic mass is 16.6. The van der Waals surface area contributed by atoms with Gasteiger partial charge in [0.25, 0.3) is 0 Å². The van der Waals surface area contributed by atoms with Crippen LogP contribution in [-0.2, 0) is 9.63 Å². The number of benzene rings is 1. The molecule has 0 aromatic heterocycles. The van der Waals surface area contributed by atoms with Crippen LogP contribution in [0.4, 0.5) is 0 Å². The molecule has 0 spiro atoms. The van der Waals surface area contributed by atoms with Gasteiger partial charge >= 0.3 is 5.97 Å². The number of ether oxygens (including phenoxy) is 1. The van der Waals surface area contributed by atoms with Crippen LogP contribution in [0.15, 0.2) is 35.5 Å². The molecule has 2 rings (SSSR count). The Morgan fingerprint density at radius 1 is 1.35 bits per heavy atom. The zero-order chi connectivity index (χ0) is 14.2. The lowest BCUT2D eigenvalue weighted by Gasteiger charge is -2.19. The standard InChI is InChI=1S/C15H19NO4/c17-15(18)14-10-9-13(20-16-14)8-4-5-11-19-12-6-2-1-3-7-12/h1-3,6-7,13H,4-5,8-11H2,(H,17,18). The number of para-hydroxylation sites is 1. The molecule has 1 aliphatic rings. The van der Waals surface area contributed by atoms with Crippen LogP contribution in [0.25, 0.3) is 0 Å². The third-order valence-corrected chi connectivity index (χ3v) is 3.19. The molecular weight excluding hydrogens is 258 g/mol. The summed E-state index contributed by atoms with van der Waals surface area (Å²) in [6, 6.07) is 9.73. The average molecular weight is 277 g/mol. The van der Waals surface area contributed by atoms with E-state index in [0.29, 0.717) is 13.0 Å². The van der Waals surface area contributed by atoms with E-state index in [4.69, 9.17) is 14.7 Å². The van der Waals surface area contributed by atoms with Crippen molar-refractivity contribution in [1.82, 2.24) is 0 Å². The Hall–Kier alpha value is -2.04. The van der Waals surface area contributed by atoms with Crippen LogP contribution in [0.2, 0.25) is 0 Å². The van der Waals surface area contributed by atoms with E-state index in [9.17, 15) is 4.79 Å². The molecule has 108 valence electrons. The van der Waals surface area contributed by atoms with Crippen LogP contribution in [0.3, 0.4) is 0 Å². The topological polar surface area (TPSA) is 68.1 Å². The quantitative estimate of drug-likeness (QED) is 0.778. The molecule has 0 saturated heterocycles. The van der Waals surface area contributed by atoms with Crippen LogP contribution in [0, 0.1) is 0 Å². The molecule has 1 aromatic carbocycles. The minimum Gasteiger partial charge on any atom is -0.494 e. The lowest BCUT2D eigenvalue weighted by molar-refractivity contribution is -0.130. The lowest BCUT2D eigenvalue weighted by atomic mass is 10.0. The van der Waals surface area contributed by atoms with E-state index in [1.807, 2.05) is 30.3 Å². The van der Waals surface area contributed by atoms with Gasteiger partial charge < -0.3 is 14.7 Å². The van der Waals surface area contributed by atoms with Crippen LogP contribution in [0.1, 0.15) is 32.1 Å². The van der Waals surface area contributed by atoms with Crippen molar-refractivity contribution >= 4 is 11.7 Å². The van der Waals surface area contributed by atoms with Crippen LogP contribution < -0.4 is 4.74 Å². The number of rotatable bonds is 7. The summed E-state index contributed by atoms with van der Waals surface area (Å²) in [5.74, 6) is -0.100. The molecule has 1 heterocycles. The molecule has 20 heavy (non-hydrogen) atoms. The molecule has 1 aliphatic heterocycles. The first-order valence-electron chi connectivity index (χ1n) is 6.89. The maximum atomic E-state index is 10.7. The summed E-state index contributed by atoms with van der Waals surface area (Å²) in [6.45, 7) is 0.681. The van der Waals surface area contributed by atoms with Crippen molar-refractivity contribution in [3.05, 3.63) is 30.3 Å². The summed E-state index contributed by atoms with van der Waals surface area (Å²) >= 11 is 0. The van der Waals surface area contributed by atoms with Gasteiger partial charge in [-0.1, -0.05) is 23.4 Å². The second-order valence-corrected chi connectivity index (χ2v) is 4.77. The maximum Gasteiger partial charge on any atom is 0.353 e. The van der Waals surface area contributed by atoms with E-state index >= 15 is 0 Å². The third kappa shape index (κ3) is 4.57. The molecule has 0 radical (unpaired) electrons. The lowest BCUT2D eigenvalue weighted by Crippen LogP contribution is -2.24. The Bertz CT molecular complexity index is 458. The van der Waals surface area contributed by atoms with Crippen molar-refractivity contribution < 1.29 is 19.5 Å². The first kappa shape index (κ1) is 14.4. The smallest absolute Gasteiger partial charge is 0.353 e. The van der Waals surface area contributed by atoms with Crippen LogP contribution in [0.5, 0.6) is 5.75 Å². The first-order valence-corrected chi connectivity index (χ1v) is 6.89. The molecule has 0 fully saturated rings. The van der Waals surface area contributed by atoms with Crippen molar-refractivity contribution in [3.63, 3.8) is 0 Å². The Kier molecular flexibility index (Phi) is 5.41. The van der Waals surface area contributed by atoms with E-state index in [0.717, 1.165) is 31.4 Å². The Morgan fingerprint density at radius 3 is 2.80 bits per heavy atom. The number of carboxylic acid groups (broad SMARTS) is 1. The fourth-order valence-corrected chi connectivity index (χ4v) is 2.06. The van der Waals surface area contributed by atoms with Gasteiger partial charge in [-0.3, -0.25) is 0 Å². The summed E-state index contributed by atoms with van der Waals surface area (Å²) in [5, 5.41) is 12.4. The number of hydrogen-bond donors (Lipinski definition) is 1. The van der Waals surface area contributed by atoms with Gasteiger partial charge in [-0.25, -0.2) is 4.79 Å². The zero-order valence-electron chi connectivity index (χ0n) is 11.3. The molecule has 1 aromatic rings. The summed E-state index contributed by atoms with van der Waals surface area (Å²) in [7, 11) is 0. The molecule has 0 aliphatic carbocycles. The molecule has 1 N–H and O–H groups in total.